The second kappa shape index (κ2) is 4.93. The van der Waals surface area contributed by atoms with E-state index in [0.717, 1.165) is 19.5 Å². The molecule has 1 atom stereocenters. The Morgan fingerprint density at radius 2 is 1.89 bits per heavy atom. The second-order valence-corrected chi connectivity index (χ2v) is 5.14. The third-order valence-corrected chi connectivity index (χ3v) is 3.94. The van der Waals surface area contributed by atoms with Gasteiger partial charge in [-0.25, -0.2) is 0 Å². The van der Waals surface area contributed by atoms with Crippen LogP contribution in [-0.4, -0.2) is 13.1 Å². The normalized spacial score (nSPS) is 17.5. The standard InChI is InChI=1S/C18H19N/c1-3-7-15-13-19(12-4-2)17-11-6-9-14-8-5-10-16(15)18(14)17/h3-6,8-11,15H,1-2,7,12-13H2. The molecule has 0 spiro atoms. The van der Waals surface area contributed by atoms with Crippen molar-refractivity contribution in [1.82, 2.24) is 0 Å². The molecular formula is C18H19N. The average Bonchev–Trinajstić information content (AvgIpc) is 2.44. The maximum absolute atomic E-state index is 3.91. The fraction of sp³-hybridized carbons (Fsp3) is 0.222. The quantitative estimate of drug-likeness (QED) is 0.721. The lowest BCUT2D eigenvalue weighted by Crippen LogP contribution is -2.32. The van der Waals surface area contributed by atoms with Gasteiger partial charge in [-0.3, -0.25) is 0 Å². The lowest BCUT2D eigenvalue weighted by Gasteiger charge is -2.35. The Morgan fingerprint density at radius 1 is 1.11 bits per heavy atom. The van der Waals surface area contributed by atoms with Gasteiger partial charge in [0.2, 0.25) is 0 Å². The topological polar surface area (TPSA) is 3.24 Å². The largest absolute Gasteiger partial charge is 0.367 e. The molecule has 0 amide bonds. The molecule has 1 aliphatic rings. The van der Waals surface area contributed by atoms with Gasteiger partial charge >= 0.3 is 0 Å². The van der Waals surface area contributed by atoms with E-state index in [0.29, 0.717) is 5.92 Å². The second-order valence-electron chi connectivity index (χ2n) is 5.14. The number of hydrogen-bond acceptors (Lipinski definition) is 1. The van der Waals surface area contributed by atoms with E-state index in [9.17, 15) is 0 Å². The minimum Gasteiger partial charge on any atom is -0.367 e. The van der Waals surface area contributed by atoms with Crippen LogP contribution in [0, 0.1) is 0 Å². The van der Waals surface area contributed by atoms with E-state index in [-0.39, 0.29) is 0 Å². The van der Waals surface area contributed by atoms with Crippen molar-refractivity contribution in [1.29, 1.82) is 0 Å². The first-order valence-corrected chi connectivity index (χ1v) is 6.83. The molecule has 96 valence electrons. The van der Waals surface area contributed by atoms with E-state index in [1.54, 1.807) is 0 Å². The summed E-state index contributed by atoms with van der Waals surface area (Å²) in [5, 5.41) is 2.74. The molecule has 19 heavy (non-hydrogen) atoms. The van der Waals surface area contributed by atoms with Gasteiger partial charge in [0, 0.05) is 30.1 Å². The molecule has 1 heterocycles. The van der Waals surface area contributed by atoms with Gasteiger partial charge in [0.05, 0.1) is 0 Å². The van der Waals surface area contributed by atoms with Crippen molar-refractivity contribution < 1.29 is 0 Å². The molecule has 1 unspecified atom stereocenters. The summed E-state index contributed by atoms with van der Waals surface area (Å²) in [5.41, 5.74) is 2.81. The monoisotopic (exact) mass is 249 g/mol. The summed E-state index contributed by atoms with van der Waals surface area (Å²) in [5.74, 6) is 0.538. The molecule has 0 saturated heterocycles. The first-order chi connectivity index (χ1) is 9.35. The highest BCUT2D eigenvalue weighted by atomic mass is 15.1. The molecule has 2 aromatic rings. The number of anilines is 1. The van der Waals surface area contributed by atoms with Gasteiger partial charge in [0.25, 0.3) is 0 Å². The highest BCUT2D eigenvalue weighted by Crippen LogP contribution is 2.40. The number of nitrogens with zero attached hydrogens (tertiary/aromatic N) is 1. The lowest BCUT2D eigenvalue weighted by atomic mass is 9.86. The molecule has 1 nitrogen and oxygen atoms in total. The van der Waals surface area contributed by atoms with Crippen LogP contribution < -0.4 is 4.90 Å². The molecular weight excluding hydrogens is 230 g/mol. The fourth-order valence-electron chi connectivity index (χ4n) is 3.15. The van der Waals surface area contributed by atoms with Crippen LogP contribution in [0.5, 0.6) is 0 Å². The number of benzene rings is 2. The molecule has 1 heteroatoms. The van der Waals surface area contributed by atoms with Crippen LogP contribution in [0.2, 0.25) is 0 Å². The molecule has 0 N–H and O–H groups in total. The smallest absolute Gasteiger partial charge is 0.0451 e. The zero-order chi connectivity index (χ0) is 13.2. The minimum atomic E-state index is 0.538. The molecule has 1 aliphatic heterocycles. The van der Waals surface area contributed by atoms with Gasteiger partial charge in [-0.05, 0) is 23.4 Å². The van der Waals surface area contributed by atoms with E-state index in [1.807, 2.05) is 12.2 Å². The van der Waals surface area contributed by atoms with Gasteiger partial charge in [-0.1, -0.05) is 42.5 Å². The van der Waals surface area contributed by atoms with Crippen molar-refractivity contribution in [2.24, 2.45) is 0 Å². The highest BCUT2D eigenvalue weighted by molar-refractivity contribution is 5.98. The van der Waals surface area contributed by atoms with Crippen LogP contribution in [0.25, 0.3) is 10.8 Å². The van der Waals surface area contributed by atoms with E-state index in [1.165, 1.54) is 22.0 Å². The van der Waals surface area contributed by atoms with Crippen molar-refractivity contribution in [2.75, 3.05) is 18.0 Å². The predicted octanol–water partition coefficient (Wildman–Crippen LogP) is 4.51. The summed E-state index contributed by atoms with van der Waals surface area (Å²) in [6, 6.07) is 13.2. The zero-order valence-electron chi connectivity index (χ0n) is 11.2. The molecule has 0 aromatic heterocycles. The summed E-state index contributed by atoms with van der Waals surface area (Å²) in [4.78, 5) is 2.43. The molecule has 0 aliphatic carbocycles. The van der Waals surface area contributed by atoms with Crippen molar-refractivity contribution >= 4 is 16.5 Å². The van der Waals surface area contributed by atoms with Gasteiger partial charge in [0.1, 0.15) is 0 Å². The van der Waals surface area contributed by atoms with Gasteiger partial charge in [-0.2, -0.15) is 0 Å². The van der Waals surface area contributed by atoms with E-state index in [4.69, 9.17) is 0 Å². The van der Waals surface area contributed by atoms with Crippen molar-refractivity contribution in [3.05, 3.63) is 67.3 Å². The van der Waals surface area contributed by atoms with Crippen LogP contribution in [0.4, 0.5) is 5.69 Å². The average molecular weight is 249 g/mol. The Hall–Kier alpha value is -2.02. The molecule has 2 aromatic carbocycles. The van der Waals surface area contributed by atoms with Gasteiger partial charge < -0.3 is 4.90 Å². The Morgan fingerprint density at radius 3 is 2.63 bits per heavy atom. The molecule has 3 rings (SSSR count). The van der Waals surface area contributed by atoms with E-state index in [2.05, 4.69) is 54.5 Å². The summed E-state index contributed by atoms with van der Waals surface area (Å²) in [7, 11) is 0. The first kappa shape index (κ1) is 12.0. The number of hydrogen-bond donors (Lipinski definition) is 0. The maximum Gasteiger partial charge on any atom is 0.0451 e. The SMILES string of the molecule is C=CCC1CN(CC=C)c2cccc3cccc1c23. The third-order valence-electron chi connectivity index (χ3n) is 3.94. The van der Waals surface area contributed by atoms with Crippen LogP contribution in [0.3, 0.4) is 0 Å². The molecule has 0 radical (unpaired) electrons. The Bertz CT molecular complexity index is 576. The van der Waals surface area contributed by atoms with Gasteiger partial charge in [-0.15, -0.1) is 13.2 Å². The summed E-state index contributed by atoms with van der Waals surface area (Å²) in [6.07, 6.45) is 5.04. The van der Waals surface area contributed by atoms with E-state index < -0.39 is 0 Å². The predicted molar refractivity (Wildman–Crippen MR) is 83.9 cm³/mol. The first-order valence-electron chi connectivity index (χ1n) is 6.83. The van der Waals surface area contributed by atoms with Crippen molar-refractivity contribution in [2.45, 2.75) is 12.3 Å². The van der Waals surface area contributed by atoms with Crippen LogP contribution in [0.1, 0.15) is 17.9 Å². The fourth-order valence-corrected chi connectivity index (χ4v) is 3.15. The summed E-state index contributed by atoms with van der Waals surface area (Å²) >= 11 is 0. The lowest BCUT2D eigenvalue weighted by molar-refractivity contribution is 0.662. The number of rotatable bonds is 4. The van der Waals surface area contributed by atoms with Crippen molar-refractivity contribution in [3.8, 4) is 0 Å². The molecule has 0 bridgehead atoms. The third kappa shape index (κ3) is 1.95. The highest BCUT2D eigenvalue weighted by Gasteiger charge is 2.24. The summed E-state index contributed by atoms with van der Waals surface area (Å²) in [6.45, 7) is 9.74. The van der Waals surface area contributed by atoms with E-state index >= 15 is 0 Å². The van der Waals surface area contributed by atoms with Crippen LogP contribution in [-0.2, 0) is 0 Å². The Kier molecular flexibility index (Phi) is 3.12. The number of allylic oxidation sites excluding steroid dienone is 1. The Labute approximate surface area is 114 Å². The van der Waals surface area contributed by atoms with Crippen molar-refractivity contribution in [3.63, 3.8) is 0 Å². The summed E-state index contributed by atoms with van der Waals surface area (Å²) < 4.78 is 0. The minimum absolute atomic E-state index is 0.538. The molecule has 0 saturated carbocycles. The Balaban J connectivity index is 2.23. The van der Waals surface area contributed by atoms with Gasteiger partial charge in [0.15, 0.2) is 0 Å². The maximum atomic E-state index is 3.91. The zero-order valence-corrected chi connectivity index (χ0v) is 11.2. The van der Waals surface area contributed by atoms with Crippen LogP contribution >= 0.6 is 0 Å². The molecule has 0 fully saturated rings. The van der Waals surface area contributed by atoms with Crippen LogP contribution in [0.15, 0.2) is 61.7 Å².